The highest BCUT2D eigenvalue weighted by molar-refractivity contribution is 5.93. The molecular formula is C25H40N4O5. The van der Waals surface area contributed by atoms with Crippen LogP contribution < -0.4 is 21.7 Å². The molecule has 3 atom stereocenters. The summed E-state index contributed by atoms with van der Waals surface area (Å²) in [6.45, 7) is 12.6. The Labute approximate surface area is 202 Å². The molecule has 0 aliphatic carbocycles. The molecule has 9 heteroatoms. The van der Waals surface area contributed by atoms with Gasteiger partial charge < -0.3 is 26.4 Å². The van der Waals surface area contributed by atoms with E-state index in [2.05, 4.69) is 16.0 Å². The molecule has 190 valence electrons. The number of rotatable bonds is 11. The lowest BCUT2D eigenvalue weighted by Gasteiger charge is -2.28. The molecule has 1 rings (SSSR count). The summed E-state index contributed by atoms with van der Waals surface area (Å²) in [5.41, 5.74) is 5.54. The first-order valence-electron chi connectivity index (χ1n) is 11.6. The van der Waals surface area contributed by atoms with Gasteiger partial charge in [0.05, 0.1) is 0 Å². The lowest BCUT2D eigenvalue weighted by Crippen LogP contribution is -2.58. The lowest BCUT2D eigenvalue weighted by molar-refractivity contribution is -0.133. The third kappa shape index (κ3) is 10.7. The molecule has 34 heavy (non-hydrogen) atoms. The van der Waals surface area contributed by atoms with Gasteiger partial charge in [-0.2, -0.15) is 0 Å². The van der Waals surface area contributed by atoms with Gasteiger partial charge in [-0.3, -0.25) is 14.4 Å². The number of ether oxygens (including phenoxy) is 1. The molecule has 0 fully saturated rings. The van der Waals surface area contributed by atoms with Crippen molar-refractivity contribution in [1.82, 2.24) is 16.0 Å². The number of nitrogens with one attached hydrogen (secondary N) is 3. The van der Waals surface area contributed by atoms with E-state index in [0.717, 1.165) is 5.56 Å². The monoisotopic (exact) mass is 476 g/mol. The topological polar surface area (TPSA) is 140 Å². The van der Waals surface area contributed by atoms with Gasteiger partial charge in [-0.05, 0) is 44.6 Å². The van der Waals surface area contributed by atoms with Crippen LogP contribution in [0.3, 0.4) is 0 Å². The quantitative estimate of drug-likeness (QED) is 0.388. The number of benzene rings is 1. The smallest absolute Gasteiger partial charge is 0.408 e. The second-order valence-electron chi connectivity index (χ2n) is 10.2. The Morgan fingerprint density at radius 2 is 1.47 bits per heavy atom. The normalized spacial score (nSPS) is 14.1. The van der Waals surface area contributed by atoms with Gasteiger partial charge in [0.2, 0.25) is 17.7 Å². The van der Waals surface area contributed by atoms with Gasteiger partial charge in [0, 0.05) is 6.42 Å². The Balaban J connectivity index is 3.04. The van der Waals surface area contributed by atoms with Gasteiger partial charge in [0.25, 0.3) is 0 Å². The molecule has 0 aromatic heterocycles. The molecule has 0 aliphatic rings. The van der Waals surface area contributed by atoms with E-state index in [1.54, 1.807) is 34.6 Å². The van der Waals surface area contributed by atoms with E-state index in [1.165, 1.54) is 0 Å². The van der Waals surface area contributed by atoms with Crippen molar-refractivity contribution in [2.24, 2.45) is 17.6 Å². The summed E-state index contributed by atoms with van der Waals surface area (Å²) in [5, 5.41) is 7.99. The van der Waals surface area contributed by atoms with Crippen molar-refractivity contribution in [1.29, 1.82) is 0 Å². The average Bonchev–Trinajstić information content (AvgIpc) is 2.69. The maximum absolute atomic E-state index is 13.2. The van der Waals surface area contributed by atoms with Crippen molar-refractivity contribution in [3.8, 4) is 0 Å². The van der Waals surface area contributed by atoms with Crippen molar-refractivity contribution in [3.63, 3.8) is 0 Å². The molecular weight excluding hydrogens is 436 g/mol. The molecule has 0 bridgehead atoms. The maximum Gasteiger partial charge on any atom is 0.408 e. The summed E-state index contributed by atoms with van der Waals surface area (Å²) >= 11 is 0. The number of carbonyl (C=O) groups excluding carboxylic acids is 4. The molecule has 1 aromatic rings. The third-order valence-electron chi connectivity index (χ3n) is 4.90. The molecule has 5 N–H and O–H groups in total. The predicted molar refractivity (Wildman–Crippen MR) is 131 cm³/mol. The van der Waals surface area contributed by atoms with Crippen LogP contribution in [0.15, 0.2) is 30.3 Å². The van der Waals surface area contributed by atoms with E-state index in [1.807, 2.05) is 44.2 Å². The van der Waals surface area contributed by atoms with Crippen molar-refractivity contribution in [2.45, 2.75) is 85.0 Å². The maximum atomic E-state index is 13.2. The number of nitrogens with two attached hydrogens (primary N) is 1. The number of alkyl carbamates (subject to hydrolysis) is 1. The zero-order valence-electron chi connectivity index (χ0n) is 21.3. The average molecular weight is 477 g/mol. The first kappa shape index (κ1) is 28.9. The molecule has 1 aromatic carbocycles. The van der Waals surface area contributed by atoms with Gasteiger partial charge in [0.1, 0.15) is 23.7 Å². The van der Waals surface area contributed by atoms with Crippen LogP contribution in [-0.4, -0.2) is 47.5 Å². The van der Waals surface area contributed by atoms with Crippen LogP contribution in [0.2, 0.25) is 0 Å². The summed E-state index contributed by atoms with van der Waals surface area (Å²) in [6, 6.07) is 6.45. The summed E-state index contributed by atoms with van der Waals surface area (Å²) < 4.78 is 5.31. The first-order chi connectivity index (χ1) is 15.7. The lowest BCUT2D eigenvalue weighted by atomic mass is 9.99. The van der Waals surface area contributed by atoms with E-state index >= 15 is 0 Å². The zero-order chi connectivity index (χ0) is 26.1. The first-order valence-corrected chi connectivity index (χ1v) is 11.6. The SMILES string of the molecule is CC(C)CC(NC(=O)C(NC(=O)C(Cc1ccccc1)NC(=O)OC(C)(C)C)C(C)C)C(N)=O. The highest BCUT2D eigenvalue weighted by Crippen LogP contribution is 2.11. The van der Waals surface area contributed by atoms with Crippen LogP contribution in [0.25, 0.3) is 0 Å². The van der Waals surface area contributed by atoms with Gasteiger partial charge >= 0.3 is 6.09 Å². The molecule has 0 heterocycles. The van der Waals surface area contributed by atoms with E-state index in [9.17, 15) is 19.2 Å². The fourth-order valence-electron chi connectivity index (χ4n) is 3.28. The van der Waals surface area contributed by atoms with Crippen molar-refractivity contribution in [2.75, 3.05) is 0 Å². The van der Waals surface area contributed by atoms with E-state index < -0.39 is 47.5 Å². The Morgan fingerprint density at radius 3 is 1.94 bits per heavy atom. The standard InChI is InChI=1S/C25H40N4O5/c1-15(2)13-18(21(26)30)27-23(32)20(16(3)4)29-22(31)19(14-17-11-9-8-10-12-17)28-24(33)34-25(5,6)7/h8-12,15-16,18-20H,13-14H2,1-7H3,(H2,26,30)(H,27,32)(H,28,33)(H,29,31). The van der Waals surface area contributed by atoms with Gasteiger partial charge in [-0.15, -0.1) is 0 Å². The van der Waals surface area contributed by atoms with Gasteiger partial charge in [-0.25, -0.2) is 4.79 Å². The van der Waals surface area contributed by atoms with Crippen molar-refractivity contribution >= 4 is 23.8 Å². The molecule has 9 nitrogen and oxygen atoms in total. The predicted octanol–water partition coefficient (Wildman–Crippen LogP) is 2.28. The molecule has 0 aliphatic heterocycles. The summed E-state index contributed by atoms with van der Waals surface area (Å²) in [6.07, 6.45) is -0.147. The molecule has 0 radical (unpaired) electrons. The number of primary amides is 1. The van der Waals surface area contributed by atoms with Gasteiger partial charge in [-0.1, -0.05) is 58.0 Å². The van der Waals surface area contributed by atoms with Crippen LogP contribution >= 0.6 is 0 Å². The summed E-state index contributed by atoms with van der Waals surface area (Å²) in [4.78, 5) is 50.4. The highest BCUT2D eigenvalue weighted by atomic mass is 16.6. The van der Waals surface area contributed by atoms with E-state index in [-0.39, 0.29) is 18.3 Å². The fourth-order valence-corrected chi connectivity index (χ4v) is 3.28. The second kappa shape index (κ2) is 13.0. The van der Waals surface area contributed by atoms with Crippen LogP contribution in [0.5, 0.6) is 0 Å². The Kier molecular flexibility index (Phi) is 11.0. The molecule has 0 saturated carbocycles. The second-order valence-corrected chi connectivity index (χ2v) is 10.2. The van der Waals surface area contributed by atoms with Crippen LogP contribution in [0, 0.1) is 11.8 Å². The number of amides is 4. The zero-order valence-corrected chi connectivity index (χ0v) is 21.3. The highest BCUT2D eigenvalue weighted by Gasteiger charge is 2.32. The van der Waals surface area contributed by atoms with E-state index in [4.69, 9.17) is 10.5 Å². The number of hydrogen-bond acceptors (Lipinski definition) is 5. The van der Waals surface area contributed by atoms with Crippen molar-refractivity contribution in [3.05, 3.63) is 35.9 Å². The van der Waals surface area contributed by atoms with Crippen LogP contribution in [0.1, 0.15) is 60.5 Å². The van der Waals surface area contributed by atoms with Crippen LogP contribution in [0.4, 0.5) is 4.79 Å². The Morgan fingerprint density at radius 1 is 0.882 bits per heavy atom. The minimum Gasteiger partial charge on any atom is -0.444 e. The fraction of sp³-hybridized carbons (Fsp3) is 0.600. The Hall–Kier alpha value is -3.10. The minimum atomic E-state index is -0.978. The van der Waals surface area contributed by atoms with Crippen molar-refractivity contribution < 1.29 is 23.9 Å². The van der Waals surface area contributed by atoms with Gasteiger partial charge in [0.15, 0.2) is 0 Å². The molecule has 0 spiro atoms. The summed E-state index contributed by atoms with van der Waals surface area (Å²) in [5.74, 6) is -1.83. The molecule has 0 saturated heterocycles. The number of hydrogen-bond donors (Lipinski definition) is 4. The molecule has 3 unspecified atom stereocenters. The Bertz CT molecular complexity index is 833. The number of carbonyl (C=O) groups is 4. The summed E-state index contributed by atoms with van der Waals surface area (Å²) in [7, 11) is 0. The largest absolute Gasteiger partial charge is 0.444 e. The van der Waals surface area contributed by atoms with Crippen LogP contribution in [-0.2, 0) is 25.5 Å². The minimum absolute atomic E-state index is 0.137. The third-order valence-corrected chi connectivity index (χ3v) is 4.90. The van der Waals surface area contributed by atoms with E-state index in [0.29, 0.717) is 6.42 Å². The molecule has 4 amide bonds.